The van der Waals surface area contributed by atoms with Gasteiger partial charge in [0.1, 0.15) is 0 Å². The lowest BCUT2D eigenvalue weighted by atomic mass is 10.1. The molecule has 0 rings (SSSR count). The Balaban J connectivity index is 3.54. The average Bonchev–Trinajstić information content (AvgIpc) is 2.54. The Labute approximate surface area is 144 Å². The van der Waals surface area contributed by atoms with Crippen LogP contribution in [0, 0.1) is 0 Å². The highest BCUT2D eigenvalue weighted by molar-refractivity contribution is 5.67. The molecule has 0 radical (unpaired) electrons. The SMILES string of the molecule is CCCCC[C@H](O)/C=C/C=C\CNC(=O)OCCCCCC(=O)O. The summed E-state index contributed by atoms with van der Waals surface area (Å²) in [6.45, 7) is 2.77. The summed E-state index contributed by atoms with van der Waals surface area (Å²) in [5, 5.41) is 20.7. The van der Waals surface area contributed by atoms with E-state index in [0.717, 1.165) is 32.1 Å². The second-order valence-electron chi connectivity index (χ2n) is 5.60. The molecule has 0 aromatic carbocycles. The van der Waals surface area contributed by atoms with E-state index in [0.29, 0.717) is 26.0 Å². The number of ether oxygens (including phenoxy) is 1. The van der Waals surface area contributed by atoms with Gasteiger partial charge in [0.2, 0.25) is 0 Å². The molecule has 3 N–H and O–H groups in total. The number of nitrogens with one attached hydrogen (secondary N) is 1. The van der Waals surface area contributed by atoms with E-state index in [-0.39, 0.29) is 6.42 Å². The lowest BCUT2D eigenvalue weighted by Crippen LogP contribution is -2.24. The second-order valence-corrected chi connectivity index (χ2v) is 5.60. The molecule has 0 aromatic heterocycles. The zero-order chi connectivity index (χ0) is 18.0. The smallest absolute Gasteiger partial charge is 0.407 e. The minimum absolute atomic E-state index is 0.151. The Kier molecular flexibility index (Phi) is 14.8. The maximum absolute atomic E-state index is 11.4. The van der Waals surface area contributed by atoms with E-state index in [2.05, 4.69) is 12.2 Å². The van der Waals surface area contributed by atoms with E-state index < -0.39 is 18.2 Å². The maximum atomic E-state index is 11.4. The first-order valence-corrected chi connectivity index (χ1v) is 8.70. The predicted octanol–water partition coefficient (Wildman–Crippen LogP) is 3.41. The summed E-state index contributed by atoms with van der Waals surface area (Å²) in [5.74, 6) is -0.803. The molecule has 24 heavy (non-hydrogen) atoms. The van der Waals surface area contributed by atoms with Gasteiger partial charge in [-0.25, -0.2) is 4.79 Å². The van der Waals surface area contributed by atoms with Gasteiger partial charge in [-0.2, -0.15) is 0 Å². The molecule has 0 fully saturated rings. The molecule has 1 atom stereocenters. The third-order valence-electron chi connectivity index (χ3n) is 3.32. The number of unbranched alkanes of at least 4 members (excludes halogenated alkanes) is 4. The topological polar surface area (TPSA) is 95.9 Å². The van der Waals surface area contributed by atoms with E-state index in [1.807, 2.05) is 0 Å². The number of carboxylic acids is 1. The molecule has 138 valence electrons. The Bertz CT molecular complexity index is 393. The number of alkyl carbamates (subject to hydrolysis) is 1. The van der Waals surface area contributed by atoms with E-state index in [4.69, 9.17) is 9.84 Å². The molecule has 0 saturated heterocycles. The van der Waals surface area contributed by atoms with Gasteiger partial charge in [0.25, 0.3) is 0 Å². The molecule has 0 bridgehead atoms. The van der Waals surface area contributed by atoms with E-state index >= 15 is 0 Å². The Morgan fingerprint density at radius 2 is 1.92 bits per heavy atom. The second kappa shape index (κ2) is 16.1. The maximum Gasteiger partial charge on any atom is 0.407 e. The van der Waals surface area contributed by atoms with Crippen LogP contribution in [0.5, 0.6) is 0 Å². The summed E-state index contributed by atoms with van der Waals surface area (Å²) in [7, 11) is 0. The number of aliphatic carboxylic acids is 1. The van der Waals surface area contributed by atoms with Crippen molar-refractivity contribution in [1.82, 2.24) is 5.32 Å². The van der Waals surface area contributed by atoms with E-state index in [1.165, 1.54) is 0 Å². The molecule has 6 nitrogen and oxygen atoms in total. The van der Waals surface area contributed by atoms with Crippen molar-refractivity contribution in [3.8, 4) is 0 Å². The molecule has 6 heteroatoms. The summed E-state index contributed by atoms with van der Waals surface area (Å²) in [5.41, 5.74) is 0. The Morgan fingerprint density at radius 3 is 2.62 bits per heavy atom. The molecule has 0 saturated carbocycles. The fourth-order valence-corrected chi connectivity index (χ4v) is 1.95. The Hall–Kier alpha value is -1.82. The molecule has 0 aliphatic carbocycles. The number of aliphatic hydroxyl groups is 1. The summed E-state index contributed by atoms with van der Waals surface area (Å²) in [4.78, 5) is 21.7. The quantitative estimate of drug-likeness (QED) is 0.332. The van der Waals surface area contributed by atoms with Crippen LogP contribution in [-0.4, -0.2) is 41.5 Å². The summed E-state index contributed by atoms with van der Waals surface area (Å²) in [6.07, 6.45) is 12.4. The zero-order valence-electron chi connectivity index (χ0n) is 14.6. The number of hydrogen-bond donors (Lipinski definition) is 3. The number of rotatable bonds is 14. The van der Waals surface area contributed by atoms with Crippen LogP contribution in [0.2, 0.25) is 0 Å². The first kappa shape index (κ1) is 22.2. The molecular formula is C18H31NO5. The van der Waals surface area contributed by atoms with Crippen LogP contribution in [-0.2, 0) is 9.53 Å². The molecule has 1 amide bonds. The van der Waals surface area contributed by atoms with Gasteiger partial charge in [0, 0.05) is 13.0 Å². The lowest BCUT2D eigenvalue weighted by Gasteiger charge is -2.04. The van der Waals surface area contributed by atoms with Gasteiger partial charge in [0.05, 0.1) is 12.7 Å². The molecule has 0 unspecified atom stereocenters. The molecular weight excluding hydrogens is 310 g/mol. The van der Waals surface area contributed by atoms with Crippen molar-refractivity contribution in [2.45, 2.75) is 64.4 Å². The molecule has 0 spiro atoms. The number of carbonyl (C=O) groups is 2. The minimum Gasteiger partial charge on any atom is -0.481 e. The van der Waals surface area contributed by atoms with Crippen LogP contribution in [0.3, 0.4) is 0 Å². The van der Waals surface area contributed by atoms with Gasteiger partial charge in [0.15, 0.2) is 0 Å². The molecule has 0 heterocycles. The first-order valence-electron chi connectivity index (χ1n) is 8.70. The van der Waals surface area contributed by atoms with E-state index in [9.17, 15) is 14.7 Å². The van der Waals surface area contributed by atoms with Crippen LogP contribution >= 0.6 is 0 Å². The van der Waals surface area contributed by atoms with Gasteiger partial charge in [-0.05, 0) is 25.7 Å². The van der Waals surface area contributed by atoms with Crippen molar-refractivity contribution in [3.63, 3.8) is 0 Å². The first-order chi connectivity index (χ1) is 11.6. The van der Waals surface area contributed by atoms with Gasteiger partial charge in [-0.3, -0.25) is 4.79 Å². The van der Waals surface area contributed by atoms with Gasteiger partial charge in [-0.15, -0.1) is 0 Å². The molecule has 0 aliphatic heterocycles. The van der Waals surface area contributed by atoms with Gasteiger partial charge < -0.3 is 20.3 Å². The lowest BCUT2D eigenvalue weighted by molar-refractivity contribution is -0.137. The van der Waals surface area contributed by atoms with Gasteiger partial charge in [-0.1, -0.05) is 50.5 Å². The largest absolute Gasteiger partial charge is 0.481 e. The van der Waals surface area contributed by atoms with Crippen molar-refractivity contribution in [1.29, 1.82) is 0 Å². The standard InChI is InChI=1S/C18H31NO5/c1-2-3-6-11-16(20)12-7-4-9-14-19-18(23)24-15-10-5-8-13-17(21)22/h4,7,9,12,16,20H,2-3,5-6,8,10-11,13-15H2,1H3,(H,19,23)(H,21,22)/b9-4-,12-7+/t16-/m0/s1. The summed E-state index contributed by atoms with van der Waals surface area (Å²) in [6, 6.07) is 0. The number of hydrogen-bond acceptors (Lipinski definition) is 4. The van der Waals surface area contributed by atoms with Crippen LogP contribution in [0.15, 0.2) is 24.3 Å². The number of carboxylic acid groups (broad SMARTS) is 1. The third-order valence-corrected chi connectivity index (χ3v) is 3.32. The van der Waals surface area contributed by atoms with Gasteiger partial charge >= 0.3 is 12.1 Å². The molecule has 0 aliphatic rings. The van der Waals surface area contributed by atoms with Crippen molar-refractivity contribution < 1.29 is 24.5 Å². The number of carbonyl (C=O) groups excluding carboxylic acids is 1. The average molecular weight is 341 g/mol. The highest BCUT2D eigenvalue weighted by atomic mass is 16.5. The minimum atomic E-state index is -0.803. The highest BCUT2D eigenvalue weighted by Crippen LogP contribution is 2.04. The molecule has 0 aromatic rings. The van der Waals surface area contributed by atoms with E-state index in [1.54, 1.807) is 24.3 Å². The number of amides is 1. The Morgan fingerprint density at radius 1 is 1.12 bits per heavy atom. The zero-order valence-corrected chi connectivity index (χ0v) is 14.6. The van der Waals surface area contributed by atoms with Crippen LogP contribution in [0.1, 0.15) is 58.3 Å². The summed E-state index contributed by atoms with van der Waals surface area (Å²) < 4.78 is 4.96. The van der Waals surface area contributed by atoms with Crippen molar-refractivity contribution in [2.75, 3.05) is 13.2 Å². The number of aliphatic hydroxyl groups excluding tert-OH is 1. The predicted molar refractivity (Wildman–Crippen MR) is 93.9 cm³/mol. The van der Waals surface area contributed by atoms with Crippen molar-refractivity contribution >= 4 is 12.1 Å². The normalized spacial score (nSPS) is 12.6. The van der Waals surface area contributed by atoms with Crippen molar-refractivity contribution in [2.24, 2.45) is 0 Å². The fourth-order valence-electron chi connectivity index (χ4n) is 1.95. The summed E-state index contributed by atoms with van der Waals surface area (Å²) >= 11 is 0. The van der Waals surface area contributed by atoms with Crippen LogP contribution in [0.25, 0.3) is 0 Å². The van der Waals surface area contributed by atoms with Crippen LogP contribution in [0.4, 0.5) is 4.79 Å². The van der Waals surface area contributed by atoms with Crippen molar-refractivity contribution in [3.05, 3.63) is 24.3 Å². The third kappa shape index (κ3) is 16.5. The number of allylic oxidation sites excluding steroid dienone is 2. The fraction of sp³-hybridized carbons (Fsp3) is 0.667. The van der Waals surface area contributed by atoms with Crippen LogP contribution < -0.4 is 5.32 Å². The monoisotopic (exact) mass is 341 g/mol. The highest BCUT2D eigenvalue weighted by Gasteiger charge is 2.00.